The highest BCUT2D eigenvalue weighted by Crippen LogP contribution is 2.28. The van der Waals surface area contributed by atoms with Gasteiger partial charge in [0.25, 0.3) is 0 Å². The largest absolute Gasteiger partial charge is 0.370 e. The summed E-state index contributed by atoms with van der Waals surface area (Å²) in [7, 11) is 0. The molecule has 19 heavy (non-hydrogen) atoms. The SMILES string of the molecule is Cc1cc(Br)ccc1N1CCCN2CCCCC2C1. The Kier molecular flexibility index (Phi) is 4.13. The van der Waals surface area contributed by atoms with Crippen LogP contribution in [0.3, 0.4) is 0 Å². The molecule has 3 rings (SSSR count). The van der Waals surface area contributed by atoms with E-state index in [1.54, 1.807) is 0 Å². The van der Waals surface area contributed by atoms with E-state index in [-0.39, 0.29) is 0 Å². The van der Waals surface area contributed by atoms with E-state index in [0.717, 1.165) is 6.04 Å². The highest BCUT2D eigenvalue weighted by molar-refractivity contribution is 9.10. The first kappa shape index (κ1) is 13.4. The second-order valence-corrected chi connectivity index (χ2v) is 6.83. The fourth-order valence-electron chi connectivity index (χ4n) is 3.56. The lowest BCUT2D eigenvalue weighted by Gasteiger charge is -2.36. The van der Waals surface area contributed by atoms with Crippen molar-refractivity contribution in [1.82, 2.24) is 4.90 Å². The average molecular weight is 323 g/mol. The first-order valence-corrected chi connectivity index (χ1v) is 8.28. The highest BCUT2D eigenvalue weighted by Gasteiger charge is 2.27. The standard InChI is InChI=1S/C16H23BrN2/c1-13-11-14(17)6-7-16(13)19-10-4-9-18-8-3-2-5-15(18)12-19/h6-7,11,15H,2-5,8-10,12H2,1H3. The fraction of sp³-hybridized carbons (Fsp3) is 0.625. The van der Waals surface area contributed by atoms with Crippen molar-refractivity contribution in [2.24, 2.45) is 0 Å². The Labute approximate surface area is 124 Å². The molecule has 1 aromatic rings. The number of piperidine rings is 1. The number of anilines is 1. The summed E-state index contributed by atoms with van der Waals surface area (Å²) >= 11 is 3.56. The maximum Gasteiger partial charge on any atom is 0.0397 e. The van der Waals surface area contributed by atoms with Crippen molar-refractivity contribution in [2.45, 2.75) is 38.6 Å². The second kappa shape index (κ2) is 5.84. The van der Waals surface area contributed by atoms with Crippen molar-refractivity contribution in [3.05, 3.63) is 28.2 Å². The van der Waals surface area contributed by atoms with Crippen molar-refractivity contribution < 1.29 is 0 Å². The van der Waals surface area contributed by atoms with Crippen molar-refractivity contribution >= 4 is 21.6 Å². The van der Waals surface area contributed by atoms with Crippen molar-refractivity contribution in [3.8, 4) is 0 Å². The molecule has 104 valence electrons. The molecule has 2 fully saturated rings. The van der Waals surface area contributed by atoms with E-state index in [0.29, 0.717) is 0 Å². The summed E-state index contributed by atoms with van der Waals surface area (Å²) in [5.74, 6) is 0. The molecular weight excluding hydrogens is 300 g/mol. The molecule has 2 heterocycles. The number of benzene rings is 1. The number of rotatable bonds is 1. The number of aryl methyl sites for hydroxylation is 1. The molecule has 2 saturated heterocycles. The summed E-state index contributed by atoms with van der Waals surface area (Å²) in [5, 5.41) is 0. The third-order valence-electron chi connectivity index (χ3n) is 4.55. The summed E-state index contributed by atoms with van der Waals surface area (Å²) in [4.78, 5) is 5.33. The molecule has 2 aliphatic rings. The van der Waals surface area contributed by atoms with Crippen LogP contribution in [-0.4, -0.2) is 37.1 Å². The third-order valence-corrected chi connectivity index (χ3v) is 5.05. The van der Waals surface area contributed by atoms with E-state index >= 15 is 0 Å². The summed E-state index contributed by atoms with van der Waals surface area (Å²) in [6.45, 7) is 7.25. The lowest BCUT2D eigenvalue weighted by molar-refractivity contribution is 0.162. The molecule has 0 bridgehead atoms. The van der Waals surface area contributed by atoms with Gasteiger partial charge in [-0.15, -0.1) is 0 Å². The van der Waals surface area contributed by atoms with Crippen LogP contribution in [-0.2, 0) is 0 Å². The Morgan fingerprint density at radius 2 is 1.95 bits per heavy atom. The Bertz CT molecular complexity index is 446. The normalized spacial score (nSPS) is 24.9. The molecule has 1 unspecified atom stereocenters. The van der Waals surface area contributed by atoms with E-state index < -0.39 is 0 Å². The maximum atomic E-state index is 3.56. The van der Waals surface area contributed by atoms with E-state index in [4.69, 9.17) is 0 Å². The Hall–Kier alpha value is -0.540. The lowest BCUT2D eigenvalue weighted by Crippen LogP contribution is -2.44. The molecule has 0 saturated carbocycles. The van der Waals surface area contributed by atoms with Crippen molar-refractivity contribution in [2.75, 3.05) is 31.1 Å². The van der Waals surface area contributed by atoms with Gasteiger partial charge in [-0.1, -0.05) is 22.4 Å². The second-order valence-electron chi connectivity index (χ2n) is 5.92. The number of halogens is 1. The van der Waals surface area contributed by atoms with Crippen molar-refractivity contribution in [1.29, 1.82) is 0 Å². The molecule has 0 N–H and O–H groups in total. The third kappa shape index (κ3) is 2.97. The molecule has 0 aromatic heterocycles. The van der Waals surface area contributed by atoms with Crippen LogP contribution in [0.25, 0.3) is 0 Å². The van der Waals surface area contributed by atoms with Gasteiger partial charge in [0.2, 0.25) is 0 Å². The zero-order valence-corrected chi connectivity index (χ0v) is 13.3. The lowest BCUT2D eigenvalue weighted by atomic mass is 10.0. The molecule has 3 heteroatoms. The monoisotopic (exact) mass is 322 g/mol. The average Bonchev–Trinajstić information content (AvgIpc) is 2.60. The maximum absolute atomic E-state index is 3.56. The van der Waals surface area contributed by atoms with E-state index in [9.17, 15) is 0 Å². The van der Waals surface area contributed by atoms with E-state index in [1.807, 2.05) is 0 Å². The predicted molar refractivity (Wildman–Crippen MR) is 84.9 cm³/mol. The molecule has 2 aliphatic heterocycles. The Morgan fingerprint density at radius 3 is 2.79 bits per heavy atom. The highest BCUT2D eigenvalue weighted by atomic mass is 79.9. The van der Waals surface area contributed by atoms with Crippen LogP contribution < -0.4 is 4.90 Å². The molecule has 0 spiro atoms. The van der Waals surface area contributed by atoms with E-state index in [1.165, 1.54) is 67.6 Å². The molecule has 0 radical (unpaired) electrons. The fourth-order valence-corrected chi connectivity index (χ4v) is 4.04. The first-order valence-electron chi connectivity index (χ1n) is 7.49. The van der Waals surface area contributed by atoms with Gasteiger partial charge in [0.05, 0.1) is 0 Å². The smallest absolute Gasteiger partial charge is 0.0397 e. The molecule has 1 aromatic carbocycles. The van der Waals surface area contributed by atoms with Gasteiger partial charge >= 0.3 is 0 Å². The van der Waals surface area contributed by atoms with Crippen LogP contribution in [0, 0.1) is 6.92 Å². The summed E-state index contributed by atoms with van der Waals surface area (Å²) < 4.78 is 1.18. The van der Waals surface area contributed by atoms with Crippen LogP contribution in [0.4, 0.5) is 5.69 Å². The van der Waals surface area contributed by atoms with Crippen LogP contribution in [0.2, 0.25) is 0 Å². The zero-order chi connectivity index (χ0) is 13.2. The number of hydrogen-bond acceptors (Lipinski definition) is 2. The first-order chi connectivity index (χ1) is 9.24. The minimum absolute atomic E-state index is 0.777. The summed E-state index contributed by atoms with van der Waals surface area (Å²) in [6.07, 6.45) is 5.49. The van der Waals surface area contributed by atoms with Gasteiger partial charge in [0, 0.05) is 35.8 Å². The molecule has 2 nitrogen and oxygen atoms in total. The van der Waals surface area contributed by atoms with Gasteiger partial charge in [-0.05, 0) is 56.5 Å². The predicted octanol–water partition coefficient (Wildman–Crippen LogP) is 3.82. The minimum Gasteiger partial charge on any atom is -0.370 e. The number of fused-ring (bicyclic) bond motifs is 1. The van der Waals surface area contributed by atoms with Crippen LogP contribution in [0.1, 0.15) is 31.2 Å². The topological polar surface area (TPSA) is 6.48 Å². The summed E-state index contributed by atoms with van der Waals surface area (Å²) in [6, 6.07) is 7.46. The van der Waals surface area contributed by atoms with Crippen LogP contribution in [0.5, 0.6) is 0 Å². The molecular formula is C16H23BrN2. The zero-order valence-electron chi connectivity index (χ0n) is 11.7. The molecule has 0 amide bonds. The van der Waals surface area contributed by atoms with Gasteiger partial charge in [0.1, 0.15) is 0 Å². The quantitative estimate of drug-likeness (QED) is 0.775. The summed E-state index contributed by atoms with van der Waals surface area (Å²) in [5.41, 5.74) is 2.81. The molecule has 0 aliphatic carbocycles. The molecule has 1 atom stereocenters. The van der Waals surface area contributed by atoms with Crippen LogP contribution >= 0.6 is 15.9 Å². The van der Waals surface area contributed by atoms with Crippen LogP contribution in [0.15, 0.2) is 22.7 Å². The minimum atomic E-state index is 0.777. The van der Waals surface area contributed by atoms with E-state index in [2.05, 4.69) is 50.9 Å². The van der Waals surface area contributed by atoms with Gasteiger partial charge < -0.3 is 4.90 Å². The number of nitrogens with zero attached hydrogens (tertiary/aromatic N) is 2. The van der Waals surface area contributed by atoms with Gasteiger partial charge in [-0.25, -0.2) is 0 Å². The van der Waals surface area contributed by atoms with Gasteiger partial charge in [-0.2, -0.15) is 0 Å². The Morgan fingerprint density at radius 1 is 1.11 bits per heavy atom. The van der Waals surface area contributed by atoms with Crippen molar-refractivity contribution in [3.63, 3.8) is 0 Å². The Balaban J connectivity index is 1.80. The number of hydrogen-bond donors (Lipinski definition) is 0. The van der Waals surface area contributed by atoms with Gasteiger partial charge in [-0.3, -0.25) is 4.90 Å². The van der Waals surface area contributed by atoms with Gasteiger partial charge in [0.15, 0.2) is 0 Å².